The molecule has 2 aromatic rings. The van der Waals surface area contributed by atoms with Gasteiger partial charge < -0.3 is 0 Å². The Bertz CT molecular complexity index is 589. The normalized spacial score (nSPS) is 16.9. The zero-order chi connectivity index (χ0) is 14.5. The first-order valence-corrected chi connectivity index (χ1v) is 7.85. The molecule has 3 rings (SSSR count). The highest BCUT2D eigenvalue weighted by molar-refractivity contribution is 5.82. The fourth-order valence-electron chi connectivity index (χ4n) is 3.22. The monoisotopic (exact) mass is 280 g/mol. The van der Waals surface area contributed by atoms with Crippen molar-refractivity contribution in [3.05, 3.63) is 71.5 Å². The minimum absolute atomic E-state index is 0.175. The van der Waals surface area contributed by atoms with E-state index in [-0.39, 0.29) is 5.82 Å². The number of hydrogen-bond donors (Lipinski definition) is 0. The summed E-state index contributed by atoms with van der Waals surface area (Å²) in [6, 6.07) is 17.4. The van der Waals surface area contributed by atoms with Gasteiger partial charge in [0.05, 0.1) is 0 Å². The molecule has 0 atom stereocenters. The molecule has 0 aliphatic heterocycles. The van der Waals surface area contributed by atoms with Gasteiger partial charge in [-0.2, -0.15) is 0 Å². The molecule has 0 heterocycles. The highest BCUT2D eigenvalue weighted by atomic mass is 19.1. The standard InChI is InChI=1S/C20H21F/c21-19-13-11-16(12-14-19)15-20(17-7-3-1-4-8-17)18-9-5-2-6-10-18/h1,3-4,7-8,11-15,18H,2,5-6,9-10H2/b20-15+. The van der Waals surface area contributed by atoms with Gasteiger partial charge in [0.15, 0.2) is 0 Å². The number of benzene rings is 2. The van der Waals surface area contributed by atoms with Crippen LogP contribution in [0.2, 0.25) is 0 Å². The van der Waals surface area contributed by atoms with Gasteiger partial charge in [0, 0.05) is 0 Å². The summed E-state index contributed by atoms with van der Waals surface area (Å²) in [5.41, 5.74) is 3.79. The van der Waals surface area contributed by atoms with Crippen LogP contribution in [-0.2, 0) is 0 Å². The summed E-state index contributed by atoms with van der Waals surface area (Å²) >= 11 is 0. The van der Waals surface area contributed by atoms with E-state index < -0.39 is 0 Å². The predicted octanol–water partition coefficient (Wildman–Crippen LogP) is 5.95. The predicted molar refractivity (Wildman–Crippen MR) is 87.3 cm³/mol. The summed E-state index contributed by atoms with van der Waals surface area (Å²) < 4.78 is 13.1. The minimum atomic E-state index is -0.175. The third-order valence-electron chi connectivity index (χ3n) is 4.34. The van der Waals surface area contributed by atoms with E-state index >= 15 is 0 Å². The molecule has 1 aliphatic rings. The SMILES string of the molecule is Fc1ccc(/C=C(\c2ccccc2)C2CCCCC2)cc1. The van der Waals surface area contributed by atoms with E-state index in [0.717, 1.165) is 5.56 Å². The van der Waals surface area contributed by atoms with Gasteiger partial charge in [-0.3, -0.25) is 0 Å². The van der Waals surface area contributed by atoms with Crippen molar-refractivity contribution < 1.29 is 4.39 Å². The van der Waals surface area contributed by atoms with Crippen LogP contribution in [0.5, 0.6) is 0 Å². The number of rotatable bonds is 3. The van der Waals surface area contributed by atoms with Crippen molar-refractivity contribution in [1.29, 1.82) is 0 Å². The van der Waals surface area contributed by atoms with Crippen LogP contribution in [0.25, 0.3) is 11.6 Å². The number of allylic oxidation sites excluding steroid dienone is 1. The van der Waals surface area contributed by atoms with Crippen molar-refractivity contribution in [2.24, 2.45) is 5.92 Å². The lowest BCUT2D eigenvalue weighted by Gasteiger charge is -2.25. The van der Waals surface area contributed by atoms with Crippen molar-refractivity contribution in [2.75, 3.05) is 0 Å². The Hall–Kier alpha value is -1.89. The maximum atomic E-state index is 13.1. The van der Waals surface area contributed by atoms with E-state index in [4.69, 9.17) is 0 Å². The van der Waals surface area contributed by atoms with Gasteiger partial charge in [-0.05, 0) is 47.6 Å². The first-order valence-electron chi connectivity index (χ1n) is 7.85. The second-order valence-corrected chi connectivity index (χ2v) is 5.85. The van der Waals surface area contributed by atoms with Gasteiger partial charge in [0.2, 0.25) is 0 Å². The summed E-state index contributed by atoms with van der Waals surface area (Å²) in [7, 11) is 0. The first-order chi connectivity index (χ1) is 10.3. The van der Waals surface area contributed by atoms with E-state index in [2.05, 4.69) is 36.4 Å². The summed E-state index contributed by atoms with van der Waals surface area (Å²) in [4.78, 5) is 0. The van der Waals surface area contributed by atoms with Gasteiger partial charge in [-0.25, -0.2) is 4.39 Å². The lowest BCUT2D eigenvalue weighted by Crippen LogP contribution is -2.08. The molecule has 108 valence electrons. The Morgan fingerprint density at radius 3 is 2.19 bits per heavy atom. The van der Waals surface area contributed by atoms with Gasteiger partial charge in [-0.1, -0.05) is 67.8 Å². The lowest BCUT2D eigenvalue weighted by molar-refractivity contribution is 0.430. The molecule has 0 N–H and O–H groups in total. The van der Waals surface area contributed by atoms with Crippen LogP contribution in [0.3, 0.4) is 0 Å². The van der Waals surface area contributed by atoms with Crippen molar-refractivity contribution in [1.82, 2.24) is 0 Å². The van der Waals surface area contributed by atoms with Gasteiger partial charge in [0.1, 0.15) is 5.82 Å². The Morgan fingerprint density at radius 2 is 1.52 bits per heavy atom. The molecular weight excluding hydrogens is 259 g/mol. The molecule has 1 fully saturated rings. The molecule has 0 unspecified atom stereocenters. The Morgan fingerprint density at radius 1 is 0.857 bits per heavy atom. The van der Waals surface area contributed by atoms with Crippen LogP contribution >= 0.6 is 0 Å². The van der Waals surface area contributed by atoms with E-state index in [1.165, 1.54) is 55.4 Å². The lowest BCUT2D eigenvalue weighted by atomic mass is 9.80. The molecular formula is C20H21F. The third kappa shape index (κ3) is 3.60. The Labute approximate surface area is 126 Å². The molecule has 1 aliphatic carbocycles. The molecule has 0 bridgehead atoms. The molecule has 1 heteroatoms. The van der Waals surface area contributed by atoms with Crippen LogP contribution in [-0.4, -0.2) is 0 Å². The van der Waals surface area contributed by atoms with Crippen LogP contribution in [0, 0.1) is 11.7 Å². The quantitative estimate of drug-likeness (QED) is 0.610. The molecule has 0 nitrogen and oxygen atoms in total. The van der Waals surface area contributed by atoms with Crippen LogP contribution in [0.4, 0.5) is 4.39 Å². The minimum Gasteiger partial charge on any atom is -0.207 e. The molecule has 0 aromatic heterocycles. The molecule has 21 heavy (non-hydrogen) atoms. The van der Waals surface area contributed by atoms with Gasteiger partial charge in [-0.15, -0.1) is 0 Å². The summed E-state index contributed by atoms with van der Waals surface area (Å²) in [5, 5.41) is 0. The second kappa shape index (κ2) is 6.71. The number of halogens is 1. The largest absolute Gasteiger partial charge is 0.207 e. The smallest absolute Gasteiger partial charge is 0.123 e. The van der Waals surface area contributed by atoms with Crippen molar-refractivity contribution in [2.45, 2.75) is 32.1 Å². The average Bonchev–Trinajstić information content (AvgIpc) is 2.56. The molecule has 2 aromatic carbocycles. The van der Waals surface area contributed by atoms with Crippen molar-refractivity contribution >= 4 is 11.6 Å². The average molecular weight is 280 g/mol. The van der Waals surface area contributed by atoms with Crippen molar-refractivity contribution in [3.8, 4) is 0 Å². The third-order valence-corrected chi connectivity index (χ3v) is 4.34. The summed E-state index contributed by atoms with van der Waals surface area (Å²) in [6.45, 7) is 0. The summed E-state index contributed by atoms with van der Waals surface area (Å²) in [6.07, 6.45) is 8.76. The second-order valence-electron chi connectivity index (χ2n) is 5.85. The van der Waals surface area contributed by atoms with E-state index in [1.54, 1.807) is 0 Å². The maximum absolute atomic E-state index is 13.1. The highest BCUT2D eigenvalue weighted by Gasteiger charge is 2.19. The molecule has 0 spiro atoms. The zero-order valence-corrected chi connectivity index (χ0v) is 12.3. The Kier molecular flexibility index (Phi) is 4.49. The molecule has 0 radical (unpaired) electrons. The topological polar surface area (TPSA) is 0 Å². The van der Waals surface area contributed by atoms with Crippen LogP contribution < -0.4 is 0 Å². The highest BCUT2D eigenvalue weighted by Crippen LogP contribution is 2.36. The molecule has 1 saturated carbocycles. The van der Waals surface area contributed by atoms with Crippen LogP contribution in [0.15, 0.2) is 54.6 Å². The van der Waals surface area contributed by atoms with Crippen LogP contribution in [0.1, 0.15) is 43.2 Å². The molecule has 0 saturated heterocycles. The molecule has 0 amide bonds. The van der Waals surface area contributed by atoms with E-state index in [0.29, 0.717) is 5.92 Å². The van der Waals surface area contributed by atoms with Crippen molar-refractivity contribution in [3.63, 3.8) is 0 Å². The fraction of sp³-hybridized carbons (Fsp3) is 0.300. The number of hydrogen-bond acceptors (Lipinski definition) is 0. The van der Waals surface area contributed by atoms with Gasteiger partial charge >= 0.3 is 0 Å². The van der Waals surface area contributed by atoms with E-state index in [9.17, 15) is 4.39 Å². The summed E-state index contributed by atoms with van der Waals surface area (Å²) in [5.74, 6) is 0.456. The zero-order valence-electron chi connectivity index (χ0n) is 12.3. The fourth-order valence-corrected chi connectivity index (χ4v) is 3.22. The van der Waals surface area contributed by atoms with Gasteiger partial charge in [0.25, 0.3) is 0 Å². The Balaban J connectivity index is 1.96. The van der Waals surface area contributed by atoms with E-state index in [1.807, 2.05) is 12.1 Å². The maximum Gasteiger partial charge on any atom is 0.123 e. The first kappa shape index (κ1) is 14.1.